The summed E-state index contributed by atoms with van der Waals surface area (Å²) in [6, 6.07) is 8.67. The fourth-order valence-electron chi connectivity index (χ4n) is 5.27. The normalized spacial score (nSPS) is 12.4. The van der Waals surface area contributed by atoms with Gasteiger partial charge < -0.3 is 34.8 Å². The summed E-state index contributed by atoms with van der Waals surface area (Å²) >= 11 is 0. The van der Waals surface area contributed by atoms with E-state index in [1.807, 2.05) is 0 Å². The minimum atomic E-state index is -5.13. The average molecular weight is 750 g/mol. The Morgan fingerprint density at radius 2 is 1.59 bits per heavy atom. The van der Waals surface area contributed by atoms with Crippen LogP contribution in [0.5, 0.6) is 0 Å². The first-order chi connectivity index (χ1) is 24.1. The third kappa shape index (κ3) is 9.06. The number of fused-ring (bicyclic) bond motifs is 2. The van der Waals surface area contributed by atoms with Crippen molar-refractivity contribution in [1.82, 2.24) is 5.32 Å². The number of anilines is 1. The number of hydrogen-bond acceptors (Lipinski definition) is 13. The number of nitrogens with zero attached hydrogens (tertiary/aromatic N) is 1. The zero-order chi connectivity index (χ0) is 37.5. The highest BCUT2D eigenvalue weighted by atomic mass is 32.2. The number of carboxylic acid groups (broad SMARTS) is 1. The van der Waals surface area contributed by atoms with E-state index in [0.29, 0.717) is 0 Å². The van der Waals surface area contributed by atoms with Crippen LogP contribution in [0, 0.1) is 0 Å². The number of ether oxygens (including phenoxy) is 3. The van der Waals surface area contributed by atoms with Gasteiger partial charge in [0, 0.05) is 48.7 Å². The molecule has 19 heteroatoms. The molecule has 4 rings (SSSR count). The van der Waals surface area contributed by atoms with Crippen LogP contribution >= 0.6 is 0 Å². The lowest BCUT2D eigenvalue weighted by Gasteiger charge is -2.20. The number of rotatable bonds is 16. The lowest BCUT2D eigenvalue weighted by atomic mass is 9.88. The van der Waals surface area contributed by atoms with Crippen molar-refractivity contribution in [3.63, 3.8) is 0 Å². The number of aromatic carboxylic acids is 1. The Morgan fingerprint density at radius 3 is 2.22 bits per heavy atom. The zero-order valence-corrected chi connectivity index (χ0v) is 29.0. The van der Waals surface area contributed by atoms with Crippen LogP contribution < -0.4 is 16.4 Å². The van der Waals surface area contributed by atoms with Gasteiger partial charge in [0.1, 0.15) is 0 Å². The summed E-state index contributed by atoms with van der Waals surface area (Å²) in [5.41, 5.74) is 4.12. The van der Waals surface area contributed by atoms with Gasteiger partial charge >= 0.3 is 12.1 Å². The van der Waals surface area contributed by atoms with E-state index in [2.05, 4.69) is 10.3 Å². The van der Waals surface area contributed by atoms with Crippen LogP contribution in [0.25, 0.3) is 33.4 Å². The average Bonchev–Trinajstić information content (AvgIpc) is 3.05. The molecule has 1 amide bonds. The number of nitrogen functional groups attached to an aromatic ring is 1. The number of Topliss-reactive ketones (excluding diaryl/α,β-unsaturated/α-hetero) is 1. The molecule has 0 saturated carbocycles. The third-order valence-electron chi connectivity index (χ3n) is 7.43. The highest BCUT2D eigenvalue weighted by Crippen LogP contribution is 2.46. The minimum absolute atomic E-state index is 0.0144. The highest BCUT2D eigenvalue weighted by molar-refractivity contribution is 7.86. The van der Waals surface area contributed by atoms with Gasteiger partial charge in [0.05, 0.1) is 43.0 Å². The van der Waals surface area contributed by atoms with Gasteiger partial charge in [0.15, 0.2) is 26.9 Å². The summed E-state index contributed by atoms with van der Waals surface area (Å²) in [5.74, 6) is -2.47. The van der Waals surface area contributed by atoms with Crippen molar-refractivity contribution in [2.24, 2.45) is 4.99 Å². The molecule has 0 spiro atoms. The van der Waals surface area contributed by atoms with E-state index in [1.54, 1.807) is 6.92 Å². The second kappa shape index (κ2) is 16.4. The minimum Gasteiger partial charge on any atom is -0.478 e. The molecule has 0 aromatic heterocycles. The van der Waals surface area contributed by atoms with E-state index in [-0.39, 0.29) is 91.0 Å². The Bertz CT molecular complexity index is 2230. The van der Waals surface area contributed by atoms with Crippen molar-refractivity contribution < 1.29 is 64.1 Å². The summed E-state index contributed by atoms with van der Waals surface area (Å²) < 4.78 is 91.9. The molecule has 0 atom stereocenters. The Hall–Kier alpha value is -4.92. The molecule has 0 saturated heterocycles. The Kier molecular flexibility index (Phi) is 12.5. The maximum Gasteiger partial charge on any atom is 0.407 e. The Labute approximate surface area is 291 Å². The van der Waals surface area contributed by atoms with Crippen LogP contribution in [0.2, 0.25) is 0 Å². The number of nitrogens with two attached hydrogens (primary N) is 1. The first-order valence-electron chi connectivity index (χ1n) is 15.3. The molecule has 0 radical (unpaired) electrons. The zero-order valence-electron chi connectivity index (χ0n) is 27.4. The molecule has 1 aliphatic carbocycles. The number of hydrogen-bond donors (Lipinski definition) is 5. The fourth-order valence-corrected chi connectivity index (χ4v) is 6.84. The van der Waals surface area contributed by atoms with E-state index >= 15 is 0 Å². The van der Waals surface area contributed by atoms with Crippen LogP contribution in [-0.4, -0.2) is 95.5 Å². The maximum atomic E-state index is 13.3. The molecule has 1 aliphatic heterocycles. The molecular weight excluding hydrogens is 714 g/mol. The summed E-state index contributed by atoms with van der Waals surface area (Å²) in [5, 5.41) is 12.3. The van der Waals surface area contributed by atoms with Crippen molar-refractivity contribution in [2.45, 2.75) is 29.6 Å². The molecule has 1 heterocycles. The summed E-state index contributed by atoms with van der Waals surface area (Å²) in [7, 11) is -9.02. The van der Waals surface area contributed by atoms with E-state index in [0.717, 1.165) is 12.1 Å². The first-order valence-corrected chi connectivity index (χ1v) is 18.1. The third-order valence-corrected chi connectivity index (χ3v) is 9.28. The summed E-state index contributed by atoms with van der Waals surface area (Å²) in [4.78, 5) is 39.1. The lowest BCUT2D eigenvalue weighted by Crippen LogP contribution is -2.28. The predicted molar refractivity (Wildman–Crippen MR) is 181 cm³/mol. The maximum absolute atomic E-state index is 13.3. The number of carbonyl (C=O) groups excluding carboxylic acids is 2. The van der Waals surface area contributed by atoms with Crippen molar-refractivity contribution in [3.05, 3.63) is 58.9 Å². The SMILES string of the molecule is CCOC(=O)NCCOCCOCCCC(=O)c1ccc(C(=O)O)c(-c2c3ccc(=NC)c(S(=O)(=O)O)c-3oc3c(S(=O)(=O)O)c(N)ccc23)c1. The van der Waals surface area contributed by atoms with Gasteiger partial charge in [-0.15, -0.1) is 0 Å². The van der Waals surface area contributed by atoms with Gasteiger partial charge in [-0.3, -0.25) is 18.9 Å². The summed E-state index contributed by atoms with van der Waals surface area (Å²) in [6.45, 7) is 3.09. The largest absolute Gasteiger partial charge is 0.478 e. The number of nitrogens with one attached hydrogen (secondary N) is 1. The molecule has 0 unspecified atom stereocenters. The molecule has 0 bridgehead atoms. The molecule has 274 valence electrons. The predicted octanol–water partition coefficient (Wildman–Crippen LogP) is 3.25. The number of carboxylic acids is 1. The van der Waals surface area contributed by atoms with Crippen LogP contribution in [-0.2, 0) is 34.4 Å². The van der Waals surface area contributed by atoms with Gasteiger partial charge in [-0.2, -0.15) is 16.8 Å². The van der Waals surface area contributed by atoms with E-state index in [1.165, 1.54) is 37.4 Å². The Balaban J connectivity index is 1.71. The van der Waals surface area contributed by atoms with Crippen molar-refractivity contribution in [1.29, 1.82) is 0 Å². The molecule has 6 N–H and O–H groups in total. The van der Waals surface area contributed by atoms with Gasteiger partial charge in [0.25, 0.3) is 20.2 Å². The number of ketones is 1. The van der Waals surface area contributed by atoms with Crippen LogP contribution in [0.3, 0.4) is 0 Å². The molecule has 17 nitrogen and oxygen atoms in total. The molecule has 0 fully saturated rings. The van der Waals surface area contributed by atoms with Crippen LogP contribution in [0.15, 0.2) is 61.7 Å². The van der Waals surface area contributed by atoms with E-state index in [9.17, 15) is 45.4 Å². The quantitative estimate of drug-likeness (QED) is 0.0362. The molecular formula is C32H35N3O14S2. The topological polar surface area (TPSA) is 271 Å². The van der Waals surface area contributed by atoms with Gasteiger partial charge in [-0.05, 0) is 55.3 Å². The number of amides is 1. The monoisotopic (exact) mass is 749 g/mol. The number of carbonyl (C=O) groups is 3. The van der Waals surface area contributed by atoms with Gasteiger partial charge in [-0.1, -0.05) is 6.07 Å². The van der Waals surface area contributed by atoms with Crippen molar-refractivity contribution in [2.75, 3.05) is 52.4 Å². The standard InChI is InChI=1S/C32H35N3O14S2/c1-3-48-32(39)35-12-14-47-16-15-46-13-4-5-25(36)18-6-7-19(31(37)38)22(17-18)26-20-8-10-23(33)29(50(40,41)42)27(20)49-28-21(26)9-11-24(34-2)30(28)51(43,44)45/h6-11,17H,3-5,12-16,33H2,1-2H3,(H,35,39)(H,37,38)(H,40,41,42)(H,43,44,45). The molecule has 2 aromatic rings. The lowest BCUT2D eigenvalue weighted by molar-refractivity contribution is 0.0466. The van der Waals surface area contributed by atoms with Crippen LogP contribution in [0.1, 0.15) is 40.5 Å². The smallest absolute Gasteiger partial charge is 0.407 e. The molecule has 51 heavy (non-hydrogen) atoms. The van der Waals surface area contributed by atoms with Crippen LogP contribution in [0.4, 0.5) is 10.5 Å². The van der Waals surface area contributed by atoms with Gasteiger partial charge in [0.2, 0.25) is 0 Å². The first kappa shape index (κ1) is 38.9. The summed E-state index contributed by atoms with van der Waals surface area (Å²) in [6.07, 6.45) is -0.273. The fraction of sp³-hybridized carbons (Fsp3) is 0.312. The molecule has 2 aromatic carbocycles. The highest BCUT2D eigenvalue weighted by Gasteiger charge is 2.32. The second-order valence-electron chi connectivity index (χ2n) is 10.8. The number of benzene rings is 3. The van der Waals surface area contributed by atoms with E-state index in [4.69, 9.17) is 24.4 Å². The number of alkyl carbamates (subject to hydrolysis) is 1. The van der Waals surface area contributed by atoms with Gasteiger partial charge in [-0.25, -0.2) is 9.59 Å². The van der Waals surface area contributed by atoms with Crippen molar-refractivity contribution in [3.8, 4) is 22.5 Å². The second-order valence-corrected chi connectivity index (χ2v) is 13.5. The van der Waals surface area contributed by atoms with Crippen molar-refractivity contribution >= 4 is 54.7 Å². The molecule has 2 aliphatic rings. The van der Waals surface area contributed by atoms with E-state index < -0.39 is 64.9 Å². The Morgan fingerprint density at radius 1 is 0.902 bits per heavy atom.